The summed E-state index contributed by atoms with van der Waals surface area (Å²) in [4.78, 5) is 10.1. The van der Waals surface area contributed by atoms with Crippen LogP contribution in [0.4, 0.5) is 5.82 Å². The fourth-order valence-corrected chi connectivity index (χ4v) is 1.47. The minimum Gasteiger partial charge on any atom is -0.357 e. The summed E-state index contributed by atoms with van der Waals surface area (Å²) < 4.78 is 0. The molecule has 1 rings (SSSR count). The van der Waals surface area contributed by atoms with Gasteiger partial charge in [0, 0.05) is 32.0 Å². The number of nitrogens with zero attached hydrogens (tertiary/aromatic N) is 4. The van der Waals surface area contributed by atoms with Crippen LogP contribution >= 0.6 is 0 Å². The standard InChI is InChI=1S/C12H19N5/c1-9(2)10(14)4-7-17(3)12-11(8-13)15-5-6-16-12/h5-6,9-10H,4,7,14H2,1-3H3. The highest BCUT2D eigenvalue weighted by Crippen LogP contribution is 2.13. The highest BCUT2D eigenvalue weighted by molar-refractivity contribution is 5.48. The molecule has 0 aliphatic heterocycles. The number of hydrogen-bond donors (Lipinski definition) is 1. The van der Waals surface area contributed by atoms with Crippen LogP contribution in [0.15, 0.2) is 12.4 Å². The molecule has 1 heterocycles. The Bertz CT molecular complexity index is 396. The predicted molar refractivity (Wildman–Crippen MR) is 67.4 cm³/mol. The van der Waals surface area contributed by atoms with Crippen LogP contribution < -0.4 is 10.6 Å². The average Bonchev–Trinajstić information content (AvgIpc) is 2.35. The molecule has 5 heteroatoms. The molecule has 1 atom stereocenters. The van der Waals surface area contributed by atoms with Crippen molar-refractivity contribution < 1.29 is 0 Å². The second kappa shape index (κ2) is 6.16. The molecule has 1 aromatic heterocycles. The van der Waals surface area contributed by atoms with E-state index in [0.29, 0.717) is 17.4 Å². The van der Waals surface area contributed by atoms with E-state index in [-0.39, 0.29) is 6.04 Å². The summed E-state index contributed by atoms with van der Waals surface area (Å²) in [5.41, 5.74) is 6.34. The fraction of sp³-hybridized carbons (Fsp3) is 0.583. The van der Waals surface area contributed by atoms with Crippen LogP contribution in [0.1, 0.15) is 26.0 Å². The molecule has 1 unspecified atom stereocenters. The van der Waals surface area contributed by atoms with Crippen molar-refractivity contribution in [1.29, 1.82) is 5.26 Å². The maximum Gasteiger partial charge on any atom is 0.183 e. The summed E-state index contributed by atoms with van der Waals surface area (Å²) in [7, 11) is 1.90. The molecule has 0 radical (unpaired) electrons. The normalized spacial score (nSPS) is 12.2. The van der Waals surface area contributed by atoms with Crippen LogP contribution in [-0.2, 0) is 0 Å². The number of rotatable bonds is 5. The fourth-order valence-electron chi connectivity index (χ4n) is 1.47. The first-order valence-electron chi connectivity index (χ1n) is 5.74. The molecule has 0 aromatic carbocycles. The van der Waals surface area contributed by atoms with Gasteiger partial charge in [0.05, 0.1) is 0 Å². The Hall–Kier alpha value is -1.67. The number of nitrogens with two attached hydrogens (primary N) is 1. The van der Waals surface area contributed by atoms with Gasteiger partial charge in [-0.25, -0.2) is 9.97 Å². The molecular formula is C12H19N5. The van der Waals surface area contributed by atoms with Crippen molar-refractivity contribution in [2.45, 2.75) is 26.3 Å². The second-order valence-electron chi connectivity index (χ2n) is 4.46. The summed E-state index contributed by atoms with van der Waals surface area (Å²) in [5.74, 6) is 1.08. The third-order valence-electron chi connectivity index (χ3n) is 2.80. The van der Waals surface area contributed by atoms with Crippen molar-refractivity contribution in [3.63, 3.8) is 0 Å². The molecule has 0 fully saturated rings. The van der Waals surface area contributed by atoms with Crippen molar-refractivity contribution in [3.8, 4) is 6.07 Å². The molecule has 0 saturated heterocycles. The maximum atomic E-state index is 8.93. The van der Waals surface area contributed by atoms with Crippen LogP contribution in [0.25, 0.3) is 0 Å². The molecule has 0 amide bonds. The molecule has 5 nitrogen and oxygen atoms in total. The van der Waals surface area contributed by atoms with E-state index in [1.54, 1.807) is 6.20 Å². The van der Waals surface area contributed by atoms with Gasteiger partial charge in [0.1, 0.15) is 6.07 Å². The van der Waals surface area contributed by atoms with E-state index in [2.05, 4.69) is 23.8 Å². The van der Waals surface area contributed by atoms with Gasteiger partial charge in [-0.05, 0) is 12.3 Å². The van der Waals surface area contributed by atoms with Crippen LogP contribution in [0.2, 0.25) is 0 Å². The van der Waals surface area contributed by atoms with E-state index in [4.69, 9.17) is 11.0 Å². The Morgan fingerprint density at radius 3 is 2.65 bits per heavy atom. The lowest BCUT2D eigenvalue weighted by Crippen LogP contribution is -2.32. The summed E-state index contributed by atoms with van der Waals surface area (Å²) in [6.45, 7) is 4.98. The molecular weight excluding hydrogens is 214 g/mol. The van der Waals surface area contributed by atoms with Gasteiger partial charge in [-0.3, -0.25) is 0 Å². The van der Waals surface area contributed by atoms with Gasteiger partial charge in [-0.1, -0.05) is 13.8 Å². The van der Waals surface area contributed by atoms with Crippen LogP contribution in [0.5, 0.6) is 0 Å². The third kappa shape index (κ3) is 3.68. The minimum atomic E-state index is 0.166. The van der Waals surface area contributed by atoms with Gasteiger partial charge in [0.2, 0.25) is 0 Å². The van der Waals surface area contributed by atoms with Crippen LogP contribution in [0.3, 0.4) is 0 Å². The topological polar surface area (TPSA) is 78.8 Å². The Morgan fingerprint density at radius 1 is 1.41 bits per heavy atom. The number of hydrogen-bond acceptors (Lipinski definition) is 5. The summed E-state index contributed by atoms with van der Waals surface area (Å²) in [6, 6.07) is 2.21. The molecule has 0 bridgehead atoms. The van der Waals surface area contributed by atoms with Gasteiger partial charge in [-0.2, -0.15) is 5.26 Å². The van der Waals surface area contributed by atoms with Crippen molar-refractivity contribution in [2.75, 3.05) is 18.5 Å². The highest BCUT2D eigenvalue weighted by atomic mass is 15.2. The van der Waals surface area contributed by atoms with E-state index in [1.807, 2.05) is 18.0 Å². The zero-order valence-corrected chi connectivity index (χ0v) is 10.6. The minimum absolute atomic E-state index is 0.166. The maximum absolute atomic E-state index is 8.93. The lowest BCUT2D eigenvalue weighted by molar-refractivity contribution is 0.465. The Kier molecular flexibility index (Phi) is 4.85. The summed E-state index contributed by atoms with van der Waals surface area (Å²) in [5, 5.41) is 8.93. The number of aromatic nitrogens is 2. The first-order chi connectivity index (χ1) is 8.06. The SMILES string of the molecule is CC(C)C(N)CCN(C)c1nccnc1C#N. The highest BCUT2D eigenvalue weighted by Gasteiger charge is 2.12. The Balaban J connectivity index is 2.64. The smallest absolute Gasteiger partial charge is 0.183 e. The van der Waals surface area contributed by atoms with Gasteiger partial charge < -0.3 is 10.6 Å². The third-order valence-corrected chi connectivity index (χ3v) is 2.80. The van der Waals surface area contributed by atoms with Crippen LogP contribution in [-0.4, -0.2) is 29.6 Å². The predicted octanol–water partition coefficient (Wildman–Crippen LogP) is 1.16. The average molecular weight is 233 g/mol. The first kappa shape index (κ1) is 13.4. The first-order valence-corrected chi connectivity index (χ1v) is 5.74. The molecule has 0 aliphatic carbocycles. The van der Waals surface area contributed by atoms with Crippen LogP contribution in [0, 0.1) is 17.2 Å². The van der Waals surface area contributed by atoms with Gasteiger partial charge in [-0.15, -0.1) is 0 Å². The molecule has 0 aliphatic rings. The van der Waals surface area contributed by atoms with E-state index in [0.717, 1.165) is 13.0 Å². The molecule has 17 heavy (non-hydrogen) atoms. The quantitative estimate of drug-likeness (QED) is 0.825. The number of anilines is 1. The van der Waals surface area contributed by atoms with Crippen molar-refractivity contribution >= 4 is 5.82 Å². The molecule has 2 N–H and O–H groups in total. The van der Waals surface area contributed by atoms with E-state index < -0.39 is 0 Å². The summed E-state index contributed by atoms with van der Waals surface area (Å²) in [6.07, 6.45) is 3.99. The number of nitriles is 1. The van der Waals surface area contributed by atoms with Crippen molar-refractivity contribution in [1.82, 2.24) is 9.97 Å². The lowest BCUT2D eigenvalue weighted by atomic mass is 10.0. The van der Waals surface area contributed by atoms with E-state index in [1.165, 1.54) is 6.20 Å². The van der Waals surface area contributed by atoms with E-state index in [9.17, 15) is 0 Å². The van der Waals surface area contributed by atoms with E-state index >= 15 is 0 Å². The zero-order valence-electron chi connectivity index (χ0n) is 10.6. The largest absolute Gasteiger partial charge is 0.357 e. The van der Waals surface area contributed by atoms with Crippen molar-refractivity contribution in [2.24, 2.45) is 11.7 Å². The molecule has 0 saturated carbocycles. The zero-order chi connectivity index (χ0) is 12.8. The van der Waals surface area contributed by atoms with Crippen molar-refractivity contribution in [3.05, 3.63) is 18.1 Å². The summed E-state index contributed by atoms with van der Waals surface area (Å²) >= 11 is 0. The van der Waals surface area contributed by atoms with Gasteiger partial charge >= 0.3 is 0 Å². The van der Waals surface area contributed by atoms with Gasteiger partial charge in [0.25, 0.3) is 0 Å². The Labute approximate surface area is 102 Å². The van der Waals surface area contributed by atoms with Gasteiger partial charge in [0.15, 0.2) is 11.5 Å². The second-order valence-corrected chi connectivity index (χ2v) is 4.46. The Morgan fingerprint density at radius 2 is 2.06 bits per heavy atom. The molecule has 0 spiro atoms. The monoisotopic (exact) mass is 233 g/mol. The lowest BCUT2D eigenvalue weighted by Gasteiger charge is -2.22. The molecule has 92 valence electrons. The molecule has 1 aromatic rings.